The van der Waals surface area contributed by atoms with Crippen molar-refractivity contribution in [1.29, 1.82) is 0 Å². The van der Waals surface area contributed by atoms with Crippen LogP contribution in [0.2, 0.25) is 0 Å². The standard InChI is InChI=1S/C36H45N5O7/c1-2-20-46-26-21-30(33(43)38-28(13-8-9-19-37)32(42)34-39-27-12-6-7-14-31(27)48-34)41(22-26)35(44)29(18-17-24-10-4-3-5-11-24)40-36(45)47-23-25-15-16-25/h2-7,10-12,14,25-26,28-30H,1,8-9,13,15-23,37H2,(H,38,43)(H,40,45)/t26-,28+,29-,30+/m1/s1. The van der Waals surface area contributed by atoms with E-state index in [-0.39, 0.29) is 25.5 Å². The van der Waals surface area contributed by atoms with Crippen molar-refractivity contribution in [3.63, 3.8) is 0 Å². The largest absolute Gasteiger partial charge is 0.449 e. The molecular formula is C36H45N5O7. The summed E-state index contributed by atoms with van der Waals surface area (Å²) in [6.07, 6.45) is 5.08. The zero-order valence-corrected chi connectivity index (χ0v) is 27.2. The Morgan fingerprint density at radius 3 is 2.52 bits per heavy atom. The lowest BCUT2D eigenvalue weighted by Gasteiger charge is -2.29. The number of ether oxygens (including phenoxy) is 2. The Kier molecular flexibility index (Phi) is 12.3. The number of hydrogen-bond donors (Lipinski definition) is 3. The predicted octanol–water partition coefficient (Wildman–Crippen LogP) is 3.93. The number of oxazole rings is 1. The van der Waals surface area contributed by atoms with Crippen molar-refractivity contribution in [2.45, 2.75) is 75.6 Å². The first kappa shape index (κ1) is 34.8. The Morgan fingerprint density at radius 1 is 1.02 bits per heavy atom. The molecule has 4 atom stereocenters. The van der Waals surface area contributed by atoms with Gasteiger partial charge in [0.1, 0.15) is 17.6 Å². The van der Waals surface area contributed by atoms with Crippen LogP contribution < -0.4 is 16.4 Å². The molecule has 12 nitrogen and oxygen atoms in total. The number of fused-ring (bicyclic) bond motifs is 1. The van der Waals surface area contributed by atoms with Crippen LogP contribution >= 0.6 is 0 Å². The Balaban J connectivity index is 1.34. The number of rotatable bonds is 18. The van der Waals surface area contributed by atoms with Crippen molar-refractivity contribution < 1.29 is 33.1 Å². The number of aryl methyl sites for hydroxylation is 1. The topological polar surface area (TPSA) is 166 Å². The van der Waals surface area contributed by atoms with Crippen LogP contribution in [0.3, 0.4) is 0 Å². The van der Waals surface area contributed by atoms with E-state index in [4.69, 9.17) is 19.6 Å². The smallest absolute Gasteiger partial charge is 0.407 e. The van der Waals surface area contributed by atoms with Crippen LogP contribution in [0.1, 0.15) is 61.2 Å². The van der Waals surface area contributed by atoms with Crippen molar-refractivity contribution in [3.05, 3.63) is 78.7 Å². The van der Waals surface area contributed by atoms with Gasteiger partial charge in [0.15, 0.2) is 5.58 Å². The summed E-state index contributed by atoms with van der Waals surface area (Å²) in [6, 6.07) is 13.8. The molecule has 4 N–H and O–H groups in total. The summed E-state index contributed by atoms with van der Waals surface area (Å²) in [5, 5.41) is 5.65. The first-order valence-electron chi connectivity index (χ1n) is 16.8. The molecule has 1 aliphatic carbocycles. The fourth-order valence-corrected chi connectivity index (χ4v) is 5.85. The molecule has 0 spiro atoms. The number of benzene rings is 2. The minimum atomic E-state index is -0.954. The fourth-order valence-electron chi connectivity index (χ4n) is 5.85. The van der Waals surface area contributed by atoms with Gasteiger partial charge in [0.05, 0.1) is 25.4 Å². The Morgan fingerprint density at radius 2 is 1.79 bits per heavy atom. The average molecular weight is 660 g/mol. The number of alkyl carbamates (subject to hydrolysis) is 1. The first-order chi connectivity index (χ1) is 23.4. The van der Waals surface area contributed by atoms with Gasteiger partial charge in [-0.2, -0.15) is 0 Å². The highest BCUT2D eigenvalue weighted by Gasteiger charge is 2.43. The molecule has 256 valence electrons. The molecule has 12 heteroatoms. The molecular weight excluding hydrogens is 614 g/mol. The number of para-hydroxylation sites is 2. The van der Waals surface area contributed by atoms with Gasteiger partial charge in [-0.15, -0.1) is 6.58 Å². The van der Waals surface area contributed by atoms with Crippen LogP contribution in [0.4, 0.5) is 4.79 Å². The number of likely N-dealkylation sites (tertiary alicyclic amines) is 1. The van der Waals surface area contributed by atoms with E-state index in [9.17, 15) is 19.2 Å². The van der Waals surface area contributed by atoms with Gasteiger partial charge in [0.25, 0.3) is 5.89 Å². The Bertz CT molecular complexity index is 1520. The molecule has 1 aliphatic heterocycles. The maximum atomic E-state index is 14.2. The summed E-state index contributed by atoms with van der Waals surface area (Å²) in [7, 11) is 0. The number of hydrogen-bond acceptors (Lipinski definition) is 9. The number of unbranched alkanes of at least 4 members (excludes halogenated alkanes) is 1. The van der Waals surface area contributed by atoms with Gasteiger partial charge < -0.3 is 35.2 Å². The van der Waals surface area contributed by atoms with Crippen molar-refractivity contribution in [2.75, 3.05) is 26.3 Å². The number of amides is 3. The van der Waals surface area contributed by atoms with E-state index in [1.54, 1.807) is 30.3 Å². The van der Waals surface area contributed by atoms with E-state index in [1.807, 2.05) is 30.3 Å². The van der Waals surface area contributed by atoms with Gasteiger partial charge in [-0.25, -0.2) is 9.78 Å². The second kappa shape index (κ2) is 17.0. The summed E-state index contributed by atoms with van der Waals surface area (Å²) in [5.74, 6) is -1.14. The number of carbonyl (C=O) groups is 4. The normalized spacial score (nSPS) is 18.6. The summed E-state index contributed by atoms with van der Waals surface area (Å²) in [4.78, 5) is 60.5. The number of ketones is 1. The zero-order chi connectivity index (χ0) is 33.9. The third-order valence-electron chi connectivity index (χ3n) is 8.68. The maximum Gasteiger partial charge on any atom is 0.407 e. The number of carbonyl (C=O) groups excluding carboxylic acids is 4. The van der Waals surface area contributed by atoms with Crippen LogP contribution in [0, 0.1) is 5.92 Å². The van der Waals surface area contributed by atoms with E-state index in [2.05, 4.69) is 22.2 Å². The summed E-state index contributed by atoms with van der Waals surface area (Å²) in [6.45, 7) is 4.81. The molecule has 1 aromatic heterocycles. The van der Waals surface area contributed by atoms with E-state index in [0.29, 0.717) is 62.3 Å². The molecule has 1 saturated carbocycles. The van der Waals surface area contributed by atoms with Crippen LogP contribution in [-0.2, 0) is 25.5 Å². The van der Waals surface area contributed by atoms with Crippen molar-refractivity contribution in [1.82, 2.24) is 20.5 Å². The number of nitrogens with one attached hydrogen (secondary N) is 2. The predicted molar refractivity (Wildman–Crippen MR) is 179 cm³/mol. The highest BCUT2D eigenvalue weighted by molar-refractivity contribution is 6.01. The summed E-state index contributed by atoms with van der Waals surface area (Å²) < 4.78 is 17.0. The molecule has 48 heavy (non-hydrogen) atoms. The van der Waals surface area contributed by atoms with Crippen LogP contribution in [0.5, 0.6) is 0 Å². The molecule has 0 bridgehead atoms. The van der Waals surface area contributed by atoms with Gasteiger partial charge in [-0.3, -0.25) is 14.4 Å². The second-order valence-electron chi connectivity index (χ2n) is 12.4. The molecule has 2 aliphatic rings. The van der Waals surface area contributed by atoms with Crippen LogP contribution in [0.25, 0.3) is 11.1 Å². The van der Waals surface area contributed by atoms with Gasteiger partial charge in [0, 0.05) is 13.0 Å². The first-order valence-corrected chi connectivity index (χ1v) is 16.8. The number of aromatic nitrogens is 1. The molecule has 2 aromatic carbocycles. The molecule has 5 rings (SSSR count). The maximum absolute atomic E-state index is 14.2. The van der Waals surface area contributed by atoms with E-state index in [0.717, 1.165) is 18.4 Å². The molecule has 1 saturated heterocycles. The third-order valence-corrected chi connectivity index (χ3v) is 8.68. The van der Waals surface area contributed by atoms with Crippen LogP contribution in [-0.4, -0.2) is 84.1 Å². The monoisotopic (exact) mass is 659 g/mol. The molecule has 2 fully saturated rings. The van der Waals surface area contributed by atoms with Gasteiger partial charge in [-0.05, 0) is 75.1 Å². The third kappa shape index (κ3) is 9.51. The summed E-state index contributed by atoms with van der Waals surface area (Å²) in [5.41, 5.74) is 7.72. The Hall–Kier alpha value is -4.55. The van der Waals surface area contributed by atoms with Crippen LogP contribution in [0.15, 0.2) is 71.7 Å². The van der Waals surface area contributed by atoms with E-state index in [1.165, 1.54) is 4.90 Å². The van der Waals surface area contributed by atoms with Crippen molar-refractivity contribution >= 4 is 34.8 Å². The van der Waals surface area contributed by atoms with Gasteiger partial charge >= 0.3 is 6.09 Å². The molecule has 0 unspecified atom stereocenters. The molecule has 0 radical (unpaired) electrons. The average Bonchev–Trinajstić information content (AvgIpc) is 3.67. The molecule has 3 aromatic rings. The highest BCUT2D eigenvalue weighted by atomic mass is 16.5. The van der Waals surface area contributed by atoms with Crippen molar-refractivity contribution in [2.24, 2.45) is 11.7 Å². The number of nitrogens with two attached hydrogens (primary N) is 1. The van der Waals surface area contributed by atoms with Crippen molar-refractivity contribution in [3.8, 4) is 0 Å². The van der Waals surface area contributed by atoms with Gasteiger partial charge in [-0.1, -0.05) is 48.5 Å². The minimum absolute atomic E-state index is 0.101. The molecule has 2 heterocycles. The van der Waals surface area contributed by atoms with E-state index >= 15 is 0 Å². The highest BCUT2D eigenvalue weighted by Crippen LogP contribution is 2.29. The lowest BCUT2D eigenvalue weighted by Crippen LogP contribution is -2.55. The lowest BCUT2D eigenvalue weighted by atomic mass is 10.0. The van der Waals surface area contributed by atoms with Gasteiger partial charge in [0.2, 0.25) is 17.6 Å². The Labute approximate surface area is 280 Å². The fraction of sp³-hybridized carbons (Fsp3) is 0.472. The zero-order valence-electron chi connectivity index (χ0n) is 27.2. The lowest BCUT2D eigenvalue weighted by molar-refractivity contribution is -0.140. The number of nitrogens with zero attached hydrogens (tertiary/aromatic N) is 2. The quantitative estimate of drug-likeness (QED) is 0.104. The summed E-state index contributed by atoms with van der Waals surface area (Å²) >= 11 is 0. The minimum Gasteiger partial charge on any atom is -0.449 e. The van der Waals surface area contributed by atoms with E-state index < -0.39 is 47.9 Å². The molecule has 3 amide bonds. The SMILES string of the molecule is C=CCO[C@@H]1C[C@@H](C(=O)N[C@@H](CCCCN)C(=O)c2nc3ccccc3o2)N(C(=O)[C@@H](CCc2ccccc2)NC(=O)OCC2CC2)C1. The second-order valence-corrected chi connectivity index (χ2v) is 12.4. The number of Topliss-reactive ketones (excluding diaryl/α,β-unsaturated/α-hetero) is 1.